The van der Waals surface area contributed by atoms with Crippen molar-refractivity contribution in [2.24, 2.45) is 0 Å². The molecule has 0 saturated carbocycles. The average molecular weight is 417 g/mol. The lowest BCUT2D eigenvalue weighted by Crippen LogP contribution is -2.46. The first-order valence-corrected chi connectivity index (χ1v) is 9.88. The van der Waals surface area contributed by atoms with Crippen LogP contribution in [0.3, 0.4) is 0 Å². The first-order valence-electron chi connectivity index (χ1n) is 9.08. The molecule has 1 aliphatic rings. The molecule has 138 valence electrons. The highest BCUT2D eigenvalue weighted by molar-refractivity contribution is 9.10. The minimum absolute atomic E-state index is 0.0533. The monoisotopic (exact) mass is 416 g/mol. The van der Waals surface area contributed by atoms with E-state index in [0.29, 0.717) is 11.8 Å². The molecule has 1 atom stereocenters. The van der Waals surface area contributed by atoms with Gasteiger partial charge in [-0.2, -0.15) is 0 Å². The first-order chi connectivity index (χ1) is 12.6. The molecule has 1 heterocycles. The molecule has 0 aliphatic carbocycles. The number of piperidine rings is 1. The SMILES string of the molecule is CC(c1ccccc1)N1CCC(NC(=O)COc2ccc(Br)cc2)CC1. The Kier molecular flexibility index (Phi) is 6.69. The number of nitrogens with zero attached hydrogens (tertiary/aromatic N) is 1. The van der Waals surface area contributed by atoms with E-state index in [0.717, 1.165) is 30.4 Å². The zero-order valence-corrected chi connectivity index (χ0v) is 16.6. The van der Waals surface area contributed by atoms with Gasteiger partial charge in [-0.25, -0.2) is 0 Å². The number of halogens is 1. The van der Waals surface area contributed by atoms with E-state index in [1.807, 2.05) is 30.3 Å². The Morgan fingerprint density at radius 1 is 1.15 bits per heavy atom. The van der Waals surface area contributed by atoms with Gasteiger partial charge in [0, 0.05) is 29.6 Å². The fourth-order valence-corrected chi connectivity index (χ4v) is 3.59. The fraction of sp³-hybridized carbons (Fsp3) is 0.381. The molecule has 1 unspecified atom stereocenters. The molecule has 1 aliphatic heterocycles. The molecule has 4 nitrogen and oxygen atoms in total. The Morgan fingerprint density at radius 3 is 2.46 bits per heavy atom. The van der Waals surface area contributed by atoms with Gasteiger partial charge >= 0.3 is 0 Å². The Balaban J connectivity index is 1.40. The van der Waals surface area contributed by atoms with E-state index in [4.69, 9.17) is 4.74 Å². The third kappa shape index (κ3) is 5.32. The lowest BCUT2D eigenvalue weighted by molar-refractivity contribution is -0.124. The standard InChI is InChI=1S/C21H25BrN2O2/c1-16(17-5-3-2-4-6-17)24-13-11-19(12-14-24)23-21(25)15-26-20-9-7-18(22)8-10-20/h2-10,16,19H,11-15H2,1H3,(H,23,25). The molecule has 2 aromatic rings. The van der Waals surface area contributed by atoms with Crippen molar-refractivity contribution >= 4 is 21.8 Å². The van der Waals surface area contributed by atoms with Crippen molar-refractivity contribution in [1.29, 1.82) is 0 Å². The van der Waals surface area contributed by atoms with Crippen LogP contribution in [0.2, 0.25) is 0 Å². The van der Waals surface area contributed by atoms with E-state index in [1.54, 1.807) is 0 Å². The van der Waals surface area contributed by atoms with E-state index < -0.39 is 0 Å². The third-order valence-corrected chi connectivity index (χ3v) is 5.44. The molecule has 26 heavy (non-hydrogen) atoms. The summed E-state index contributed by atoms with van der Waals surface area (Å²) in [5.74, 6) is 0.650. The molecule has 1 amide bonds. The van der Waals surface area contributed by atoms with Gasteiger partial charge in [0.2, 0.25) is 0 Å². The van der Waals surface area contributed by atoms with Crippen LogP contribution in [0.1, 0.15) is 31.4 Å². The van der Waals surface area contributed by atoms with Gasteiger partial charge in [-0.15, -0.1) is 0 Å². The topological polar surface area (TPSA) is 41.6 Å². The van der Waals surface area contributed by atoms with Crippen LogP contribution < -0.4 is 10.1 Å². The smallest absolute Gasteiger partial charge is 0.258 e. The van der Waals surface area contributed by atoms with Gasteiger partial charge in [0.25, 0.3) is 5.91 Å². The molecule has 0 aromatic heterocycles. The molecule has 0 spiro atoms. The zero-order valence-electron chi connectivity index (χ0n) is 15.0. The van der Waals surface area contributed by atoms with Crippen LogP contribution in [0, 0.1) is 0 Å². The summed E-state index contributed by atoms with van der Waals surface area (Å²) in [6.45, 7) is 4.30. The van der Waals surface area contributed by atoms with E-state index in [9.17, 15) is 4.79 Å². The number of carbonyl (C=O) groups excluding carboxylic acids is 1. The van der Waals surface area contributed by atoms with Crippen molar-refractivity contribution in [2.45, 2.75) is 31.8 Å². The lowest BCUT2D eigenvalue weighted by Gasteiger charge is -2.36. The highest BCUT2D eigenvalue weighted by Crippen LogP contribution is 2.24. The van der Waals surface area contributed by atoms with Crippen LogP contribution in [-0.4, -0.2) is 36.5 Å². The Morgan fingerprint density at radius 2 is 1.81 bits per heavy atom. The van der Waals surface area contributed by atoms with E-state index in [2.05, 4.69) is 57.3 Å². The number of benzene rings is 2. The Labute approximate surface area is 163 Å². The molecule has 5 heteroatoms. The number of hydrogen-bond acceptors (Lipinski definition) is 3. The largest absolute Gasteiger partial charge is 0.484 e. The second-order valence-corrected chi connectivity index (χ2v) is 7.62. The fourth-order valence-electron chi connectivity index (χ4n) is 3.32. The van der Waals surface area contributed by atoms with Crippen LogP contribution in [0.5, 0.6) is 5.75 Å². The second-order valence-electron chi connectivity index (χ2n) is 6.71. The molecule has 0 radical (unpaired) electrons. The number of ether oxygens (including phenoxy) is 1. The number of likely N-dealkylation sites (tertiary alicyclic amines) is 1. The van der Waals surface area contributed by atoms with Crippen LogP contribution >= 0.6 is 15.9 Å². The summed E-state index contributed by atoms with van der Waals surface area (Å²) < 4.78 is 6.53. The molecule has 1 saturated heterocycles. The number of rotatable bonds is 6. The summed E-state index contributed by atoms with van der Waals surface area (Å²) in [5, 5.41) is 3.10. The van der Waals surface area contributed by atoms with Crippen molar-refractivity contribution in [3.63, 3.8) is 0 Å². The summed E-state index contributed by atoms with van der Waals surface area (Å²) >= 11 is 3.38. The molecule has 0 bridgehead atoms. The predicted octanol–water partition coefficient (Wildman–Crippen LogP) is 4.17. The Bertz CT molecular complexity index is 698. The Hall–Kier alpha value is -1.85. The van der Waals surface area contributed by atoms with Gasteiger partial charge in [-0.05, 0) is 49.6 Å². The van der Waals surface area contributed by atoms with E-state index in [1.165, 1.54) is 5.56 Å². The summed E-state index contributed by atoms with van der Waals surface area (Å²) in [6, 6.07) is 18.7. The summed E-state index contributed by atoms with van der Waals surface area (Å²) in [7, 11) is 0. The molecular weight excluding hydrogens is 392 g/mol. The number of nitrogens with one attached hydrogen (secondary N) is 1. The third-order valence-electron chi connectivity index (χ3n) is 4.91. The first kappa shape index (κ1) is 18.9. The van der Waals surface area contributed by atoms with Crippen molar-refractivity contribution < 1.29 is 9.53 Å². The summed E-state index contributed by atoms with van der Waals surface area (Å²) in [4.78, 5) is 14.6. The average Bonchev–Trinajstić information content (AvgIpc) is 2.68. The minimum atomic E-state index is -0.0533. The number of hydrogen-bond donors (Lipinski definition) is 1. The maximum Gasteiger partial charge on any atom is 0.258 e. The molecule has 1 fully saturated rings. The van der Waals surface area contributed by atoms with Crippen molar-refractivity contribution in [2.75, 3.05) is 19.7 Å². The number of carbonyl (C=O) groups is 1. The van der Waals surface area contributed by atoms with Gasteiger partial charge in [-0.1, -0.05) is 46.3 Å². The van der Waals surface area contributed by atoms with Crippen molar-refractivity contribution in [3.8, 4) is 5.75 Å². The highest BCUT2D eigenvalue weighted by atomic mass is 79.9. The van der Waals surface area contributed by atoms with E-state index in [-0.39, 0.29) is 18.6 Å². The normalized spacial score (nSPS) is 16.8. The van der Waals surface area contributed by atoms with Gasteiger partial charge < -0.3 is 10.1 Å². The van der Waals surface area contributed by atoms with E-state index >= 15 is 0 Å². The van der Waals surface area contributed by atoms with Crippen molar-refractivity contribution in [1.82, 2.24) is 10.2 Å². The predicted molar refractivity (Wildman–Crippen MR) is 107 cm³/mol. The van der Waals surface area contributed by atoms with Crippen LogP contribution in [0.25, 0.3) is 0 Å². The maximum absolute atomic E-state index is 12.1. The van der Waals surface area contributed by atoms with Crippen LogP contribution in [-0.2, 0) is 4.79 Å². The minimum Gasteiger partial charge on any atom is -0.484 e. The van der Waals surface area contributed by atoms with Crippen molar-refractivity contribution in [3.05, 3.63) is 64.6 Å². The lowest BCUT2D eigenvalue weighted by atomic mass is 10.00. The molecule has 1 N–H and O–H groups in total. The van der Waals surface area contributed by atoms with Crippen LogP contribution in [0.15, 0.2) is 59.1 Å². The molecular formula is C21H25BrN2O2. The van der Waals surface area contributed by atoms with Gasteiger partial charge in [0.1, 0.15) is 5.75 Å². The van der Waals surface area contributed by atoms with Gasteiger partial charge in [0.05, 0.1) is 0 Å². The summed E-state index contributed by atoms with van der Waals surface area (Å²) in [6.07, 6.45) is 1.95. The summed E-state index contributed by atoms with van der Waals surface area (Å²) in [5.41, 5.74) is 1.35. The van der Waals surface area contributed by atoms with Gasteiger partial charge in [0.15, 0.2) is 6.61 Å². The van der Waals surface area contributed by atoms with Crippen LogP contribution in [0.4, 0.5) is 0 Å². The quantitative estimate of drug-likeness (QED) is 0.767. The highest BCUT2D eigenvalue weighted by Gasteiger charge is 2.24. The zero-order chi connectivity index (χ0) is 18.4. The second kappa shape index (κ2) is 9.19. The molecule has 2 aromatic carbocycles. The molecule has 3 rings (SSSR count). The number of amides is 1. The van der Waals surface area contributed by atoms with Gasteiger partial charge in [-0.3, -0.25) is 9.69 Å². The maximum atomic E-state index is 12.1.